The van der Waals surface area contributed by atoms with Gasteiger partial charge < -0.3 is 19.7 Å². The molecule has 1 N–H and O–H groups in total. The topological polar surface area (TPSA) is 80.8 Å². The third kappa shape index (κ3) is 4.42. The summed E-state index contributed by atoms with van der Waals surface area (Å²) in [6, 6.07) is 13.0. The Morgan fingerprint density at radius 2 is 1.94 bits per heavy atom. The van der Waals surface area contributed by atoms with Crippen LogP contribution in [0, 0.1) is 5.92 Å². The van der Waals surface area contributed by atoms with E-state index in [1.165, 1.54) is 11.3 Å². The molecule has 0 aliphatic carbocycles. The van der Waals surface area contributed by atoms with Crippen LogP contribution in [-0.4, -0.2) is 36.6 Å². The minimum Gasteiger partial charge on any atom is -0.486 e. The van der Waals surface area contributed by atoms with Crippen molar-refractivity contribution in [3.05, 3.63) is 64.1 Å². The molecule has 2 aromatic carbocycles. The number of hydrogen-bond donors (Lipinski definition) is 1. The number of hydrogen-bond acceptors (Lipinski definition) is 6. The smallest absolute Gasteiger partial charge is 0.231 e. The Kier molecular flexibility index (Phi) is 5.71. The molecule has 0 saturated carbocycles. The summed E-state index contributed by atoms with van der Waals surface area (Å²) in [4.78, 5) is 32.4. The quantitative estimate of drug-likeness (QED) is 0.607. The van der Waals surface area contributed by atoms with Crippen LogP contribution in [0.15, 0.2) is 48.7 Å². The van der Waals surface area contributed by atoms with Gasteiger partial charge in [0.1, 0.15) is 13.2 Å². The van der Waals surface area contributed by atoms with Gasteiger partial charge in [0.15, 0.2) is 16.6 Å². The lowest BCUT2D eigenvalue weighted by atomic mass is 10.1. The Bertz CT molecular complexity index is 1160. The van der Waals surface area contributed by atoms with E-state index in [1.54, 1.807) is 23.2 Å². The fourth-order valence-corrected chi connectivity index (χ4v) is 4.77. The first-order valence-electron chi connectivity index (χ1n) is 10.3. The van der Waals surface area contributed by atoms with E-state index in [4.69, 9.17) is 21.1 Å². The van der Waals surface area contributed by atoms with Crippen LogP contribution < -0.4 is 19.7 Å². The van der Waals surface area contributed by atoms with Crippen molar-refractivity contribution in [2.75, 3.05) is 30.0 Å². The molecule has 7 nitrogen and oxygen atoms in total. The summed E-state index contributed by atoms with van der Waals surface area (Å²) in [7, 11) is 0. The maximum Gasteiger partial charge on any atom is 0.231 e. The van der Waals surface area contributed by atoms with Crippen LogP contribution in [0.1, 0.15) is 16.9 Å². The number of thiazole rings is 1. The lowest BCUT2D eigenvalue weighted by Gasteiger charge is -2.22. The third-order valence-corrected chi connectivity index (χ3v) is 6.57. The van der Waals surface area contributed by atoms with Crippen LogP contribution in [0.5, 0.6) is 11.5 Å². The summed E-state index contributed by atoms with van der Waals surface area (Å²) in [5, 5.41) is 4.09. The number of nitrogens with one attached hydrogen (secondary N) is 1. The molecule has 2 aliphatic rings. The maximum atomic E-state index is 12.8. The summed E-state index contributed by atoms with van der Waals surface area (Å²) in [6.45, 7) is 1.30. The molecular weight excluding hydrogens is 450 g/mol. The number of ether oxygens (including phenoxy) is 2. The fourth-order valence-electron chi connectivity index (χ4n) is 3.79. The Balaban J connectivity index is 1.22. The molecule has 9 heteroatoms. The lowest BCUT2D eigenvalue weighted by Crippen LogP contribution is -2.28. The zero-order chi connectivity index (χ0) is 22.1. The molecule has 5 rings (SSSR count). The highest BCUT2D eigenvalue weighted by molar-refractivity contribution is 7.15. The number of carbonyl (C=O) groups excluding carboxylic acids is 2. The van der Waals surface area contributed by atoms with Crippen molar-refractivity contribution in [3.8, 4) is 11.5 Å². The monoisotopic (exact) mass is 469 g/mol. The number of halogens is 1. The molecule has 1 atom stereocenters. The molecule has 32 heavy (non-hydrogen) atoms. The number of aromatic nitrogens is 1. The number of fused-ring (bicyclic) bond motifs is 1. The van der Waals surface area contributed by atoms with Crippen LogP contribution >= 0.6 is 22.9 Å². The average Bonchev–Trinajstić information content (AvgIpc) is 3.41. The second kappa shape index (κ2) is 8.80. The molecule has 1 unspecified atom stereocenters. The highest BCUT2D eigenvalue weighted by Crippen LogP contribution is 2.36. The van der Waals surface area contributed by atoms with Gasteiger partial charge in [0.2, 0.25) is 11.8 Å². The first-order valence-corrected chi connectivity index (χ1v) is 11.4. The van der Waals surface area contributed by atoms with E-state index in [2.05, 4.69) is 10.3 Å². The summed E-state index contributed by atoms with van der Waals surface area (Å²) in [5.41, 5.74) is 1.82. The largest absolute Gasteiger partial charge is 0.486 e. The van der Waals surface area contributed by atoms with Gasteiger partial charge in [0.25, 0.3) is 0 Å². The number of anilines is 2. The van der Waals surface area contributed by atoms with Gasteiger partial charge in [-0.15, -0.1) is 11.3 Å². The van der Waals surface area contributed by atoms with E-state index < -0.39 is 5.92 Å². The number of nitrogens with zero attached hydrogens (tertiary/aromatic N) is 2. The molecule has 164 valence electrons. The number of rotatable bonds is 5. The van der Waals surface area contributed by atoms with Crippen molar-refractivity contribution >= 4 is 45.6 Å². The van der Waals surface area contributed by atoms with Crippen LogP contribution in [-0.2, 0) is 16.0 Å². The van der Waals surface area contributed by atoms with Crippen LogP contribution in [0.2, 0.25) is 5.02 Å². The van der Waals surface area contributed by atoms with Crippen molar-refractivity contribution in [2.24, 2.45) is 5.92 Å². The molecule has 0 radical (unpaired) electrons. The first kappa shape index (κ1) is 20.8. The van der Waals surface area contributed by atoms with Crippen LogP contribution in [0.4, 0.5) is 10.8 Å². The molecule has 0 spiro atoms. The van der Waals surface area contributed by atoms with E-state index in [9.17, 15) is 9.59 Å². The van der Waals surface area contributed by atoms with Crippen molar-refractivity contribution in [2.45, 2.75) is 12.8 Å². The van der Waals surface area contributed by atoms with Crippen molar-refractivity contribution in [1.82, 2.24) is 4.98 Å². The van der Waals surface area contributed by atoms with Gasteiger partial charge in [0, 0.05) is 47.2 Å². The van der Waals surface area contributed by atoms with Crippen LogP contribution in [0.3, 0.4) is 0 Å². The Labute approximate surface area is 193 Å². The van der Waals surface area contributed by atoms with Gasteiger partial charge in [-0.1, -0.05) is 23.7 Å². The van der Waals surface area contributed by atoms with E-state index in [1.807, 2.05) is 30.3 Å². The summed E-state index contributed by atoms with van der Waals surface area (Å²) in [5.74, 6) is 0.541. The van der Waals surface area contributed by atoms with Crippen molar-refractivity contribution in [1.29, 1.82) is 0 Å². The molecule has 2 aliphatic heterocycles. The predicted molar refractivity (Wildman–Crippen MR) is 123 cm³/mol. The Morgan fingerprint density at radius 3 is 2.75 bits per heavy atom. The van der Waals surface area contributed by atoms with E-state index in [0.717, 1.165) is 10.4 Å². The number of carbonyl (C=O) groups is 2. The molecule has 3 aromatic rings. The Hall–Kier alpha value is -3.10. The zero-order valence-corrected chi connectivity index (χ0v) is 18.6. The summed E-state index contributed by atoms with van der Waals surface area (Å²) < 4.78 is 11.1. The first-order chi connectivity index (χ1) is 15.5. The molecule has 1 saturated heterocycles. The summed E-state index contributed by atoms with van der Waals surface area (Å²) in [6.07, 6.45) is 2.63. The van der Waals surface area contributed by atoms with E-state index >= 15 is 0 Å². The van der Waals surface area contributed by atoms with Crippen molar-refractivity contribution in [3.63, 3.8) is 0 Å². The molecule has 1 aromatic heterocycles. The van der Waals surface area contributed by atoms with Gasteiger partial charge in [0.05, 0.1) is 5.92 Å². The van der Waals surface area contributed by atoms with Gasteiger partial charge in [-0.25, -0.2) is 4.98 Å². The average molecular weight is 470 g/mol. The standard InChI is InChI=1S/C23H20ClN3O4S/c24-16-3-1-14(2-4-16)9-18-12-25-23(32-18)26-22(29)15-10-21(28)27(13-15)17-5-6-19-20(11-17)31-8-7-30-19/h1-6,11-12,15H,7-10,13H2,(H,25,26,29). The highest BCUT2D eigenvalue weighted by Gasteiger charge is 2.36. The second-order valence-electron chi connectivity index (χ2n) is 7.66. The zero-order valence-electron chi connectivity index (χ0n) is 17.0. The SMILES string of the molecule is O=C(Nc1ncc(Cc2ccc(Cl)cc2)s1)C1CC(=O)N(c2ccc3c(c2)OCCO3)C1. The predicted octanol–water partition coefficient (Wildman–Crippen LogP) is 4.15. The third-order valence-electron chi connectivity index (χ3n) is 5.41. The van der Waals surface area contributed by atoms with Gasteiger partial charge in [-0.2, -0.15) is 0 Å². The number of benzene rings is 2. The molecular formula is C23H20ClN3O4S. The van der Waals surface area contributed by atoms with Gasteiger partial charge in [-0.3, -0.25) is 9.59 Å². The number of amides is 2. The molecule has 3 heterocycles. The van der Waals surface area contributed by atoms with Gasteiger partial charge in [-0.05, 0) is 29.8 Å². The Morgan fingerprint density at radius 1 is 1.16 bits per heavy atom. The highest BCUT2D eigenvalue weighted by atomic mass is 35.5. The normalized spacial score (nSPS) is 17.5. The lowest BCUT2D eigenvalue weighted by molar-refractivity contribution is -0.122. The van der Waals surface area contributed by atoms with Crippen molar-refractivity contribution < 1.29 is 19.1 Å². The second-order valence-corrected chi connectivity index (χ2v) is 9.21. The molecule has 0 bridgehead atoms. The molecule has 1 fully saturated rings. The fraction of sp³-hybridized carbons (Fsp3) is 0.261. The minimum absolute atomic E-state index is 0.0932. The van der Waals surface area contributed by atoms with E-state index in [0.29, 0.717) is 53.5 Å². The summed E-state index contributed by atoms with van der Waals surface area (Å²) >= 11 is 7.36. The van der Waals surface area contributed by atoms with Gasteiger partial charge >= 0.3 is 0 Å². The van der Waals surface area contributed by atoms with Crippen LogP contribution in [0.25, 0.3) is 0 Å². The minimum atomic E-state index is -0.445. The maximum absolute atomic E-state index is 12.8. The van der Waals surface area contributed by atoms with E-state index in [-0.39, 0.29) is 18.2 Å². The molecule has 2 amide bonds.